The molecule has 160 valence electrons. The highest BCUT2D eigenvalue weighted by Crippen LogP contribution is 2.23. The van der Waals surface area contributed by atoms with Crippen LogP contribution in [-0.2, 0) is 24.8 Å². The first kappa shape index (κ1) is 20.6. The van der Waals surface area contributed by atoms with Crippen LogP contribution in [0.15, 0.2) is 24.3 Å². The summed E-state index contributed by atoms with van der Waals surface area (Å²) in [5.41, 5.74) is 4.05. The number of morpholine rings is 1. The number of fused-ring (bicyclic) bond motifs is 1. The fourth-order valence-electron chi connectivity index (χ4n) is 4.14. The summed E-state index contributed by atoms with van der Waals surface area (Å²) in [5.74, 6) is -0.183. The van der Waals surface area contributed by atoms with Crippen LogP contribution < -0.4 is 5.32 Å². The van der Waals surface area contributed by atoms with Gasteiger partial charge in [0.15, 0.2) is 5.69 Å². The van der Waals surface area contributed by atoms with Crippen LogP contribution in [0.5, 0.6) is 0 Å². The number of carbonyl (C=O) groups is 2. The highest BCUT2D eigenvalue weighted by molar-refractivity contribution is 5.96. The van der Waals surface area contributed by atoms with E-state index in [4.69, 9.17) is 4.74 Å². The number of hydrogen-bond acceptors (Lipinski definition) is 5. The van der Waals surface area contributed by atoms with Gasteiger partial charge >= 0.3 is 0 Å². The van der Waals surface area contributed by atoms with Crippen molar-refractivity contribution >= 4 is 11.8 Å². The Morgan fingerprint density at radius 1 is 1.20 bits per heavy atom. The van der Waals surface area contributed by atoms with Crippen molar-refractivity contribution in [3.63, 3.8) is 0 Å². The highest BCUT2D eigenvalue weighted by atomic mass is 16.5. The lowest BCUT2D eigenvalue weighted by Crippen LogP contribution is -2.41. The molecule has 2 aliphatic rings. The third-order valence-electron chi connectivity index (χ3n) is 5.83. The maximum atomic E-state index is 13.0. The number of rotatable bonds is 5. The normalized spacial score (nSPS) is 16.9. The maximum absolute atomic E-state index is 13.0. The van der Waals surface area contributed by atoms with Gasteiger partial charge in [0, 0.05) is 63.0 Å². The zero-order valence-corrected chi connectivity index (χ0v) is 17.7. The molecule has 8 nitrogen and oxygen atoms in total. The minimum Gasteiger partial charge on any atom is -0.379 e. The molecule has 2 amide bonds. The Hall–Kier alpha value is -2.71. The molecule has 0 bridgehead atoms. The van der Waals surface area contributed by atoms with Gasteiger partial charge in [-0.3, -0.25) is 19.2 Å². The number of amides is 2. The van der Waals surface area contributed by atoms with Crippen LogP contribution in [-0.4, -0.2) is 77.3 Å². The summed E-state index contributed by atoms with van der Waals surface area (Å²) in [6.07, 6.45) is 0.692. The van der Waals surface area contributed by atoms with Gasteiger partial charge in [-0.15, -0.1) is 0 Å². The molecule has 0 unspecified atom stereocenters. The van der Waals surface area contributed by atoms with E-state index in [9.17, 15) is 9.59 Å². The van der Waals surface area contributed by atoms with Crippen molar-refractivity contribution in [3.8, 4) is 0 Å². The number of ether oxygens (including phenoxy) is 1. The first-order valence-electron chi connectivity index (χ1n) is 10.5. The van der Waals surface area contributed by atoms with Gasteiger partial charge in [-0.1, -0.05) is 17.7 Å². The molecule has 3 heterocycles. The molecular weight excluding hydrogens is 382 g/mol. The van der Waals surface area contributed by atoms with Crippen LogP contribution in [0.3, 0.4) is 0 Å². The van der Waals surface area contributed by atoms with Crippen LogP contribution in [0.2, 0.25) is 0 Å². The van der Waals surface area contributed by atoms with Gasteiger partial charge in [-0.05, 0) is 19.1 Å². The standard InChI is InChI=1S/C22H29N5O3/c1-16-4-3-5-17(14-16)22(29)27-8-6-19-18(15-27)20(24-25(19)2)21(28)23-7-9-26-10-12-30-13-11-26/h3-5,14H,6-13,15H2,1-2H3,(H,23,28). The van der Waals surface area contributed by atoms with Crippen molar-refractivity contribution < 1.29 is 14.3 Å². The lowest BCUT2D eigenvalue weighted by atomic mass is 10.0. The fraction of sp³-hybridized carbons (Fsp3) is 0.500. The van der Waals surface area contributed by atoms with Crippen molar-refractivity contribution in [2.75, 3.05) is 45.9 Å². The average molecular weight is 412 g/mol. The third-order valence-corrected chi connectivity index (χ3v) is 5.83. The number of carbonyl (C=O) groups excluding carboxylic acids is 2. The Kier molecular flexibility index (Phi) is 6.15. The van der Waals surface area contributed by atoms with Gasteiger partial charge in [-0.25, -0.2) is 0 Å². The van der Waals surface area contributed by atoms with Crippen molar-refractivity contribution in [1.82, 2.24) is 24.9 Å². The van der Waals surface area contributed by atoms with Gasteiger partial charge in [-0.2, -0.15) is 5.10 Å². The van der Waals surface area contributed by atoms with E-state index in [2.05, 4.69) is 15.3 Å². The second-order valence-electron chi connectivity index (χ2n) is 7.95. The zero-order valence-electron chi connectivity index (χ0n) is 17.7. The van der Waals surface area contributed by atoms with E-state index in [1.54, 1.807) is 4.68 Å². The Bertz CT molecular complexity index is 933. The molecule has 0 aliphatic carbocycles. The van der Waals surface area contributed by atoms with Crippen LogP contribution in [0.25, 0.3) is 0 Å². The molecule has 1 saturated heterocycles. The maximum Gasteiger partial charge on any atom is 0.272 e. The van der Waals surface area contributed by atoms with Gasteiger partial charge in [0.1, 0.15) is 0 Å². The van der Waals surface area contributed by atoms with E-state index in [-0.39, 0.29) is 11.8 Å². The Labute approximate surface area is 176 Å². The lowest BCUT2D eigenvalue weighted by Gasteiger charge is -2.28. The van der Waals surface area contributed by atoms with Crippen molar-refractivity contribution in [3.05, 3.63) is 52.3 Å². The first-order valence-corrected chi connectivity index (χ1v) is 10.5. The van der Waals surface area contributed by atoms with Crippen LogP contribution in [0.4, 0.5) is 0 Å². The predicted molar refractivity (Wildman–Crippen MR) is 112 cm³/mol. The monoisotopic (exact) mass is 411 g/mol. The summed E-state index contributed by atoms with van der Waals surface area (Å²) in [4.78, 5) is 29.9. The predicted octanol–water partition coefficient (Wildman–Crippen LogP) is 0.989. The van der Waals surface area contributed by atoms with Crippen molar-refractivity contribution in [2.45, 2.75) is 19.9 Å². The first-order chi connectivity index (χ1) is 14.5. The van der Waals surface area contributed by atoms with Gasteiger partial charge in [0.25, 0.3) is 11.8 Å². The molecule has 1 aromatic heterocycles. The van der Waals surface area contributed by atoms with Gasteiger partial charge in [0.05, 0.1) is 19.8 Å². The lowest BCUT2D eigenvalue weighted by molar-refractivity contribution is 0.0383. The molecule has 1 N–H and O–H groups in total. The van der Waals surface area contributed by atoms with Crippen molar-refractivity contribution in [1.29, 1.82) is 0 Å². The molecular formula is C22H29N5O3. The molecule has 0 radical (unpaired) electrons. The minimum absolute atomic E-state index is 0.00752. The number of aryl methyl sites for hydroxylation is 2. The summed E-state index contributed by atoms with van der Waals surface area (Å²) in [5, 5.41) is 7.46. The second kappa shape index (κ2) is 8.97. The molecule has 30 heavy (non-hydrogen) atoms. The number of nitrogens with one attached hydrogen (secondary N) is 1. The Balaban J connectivity index is 1.43. The summed E-state index contributed by atoms with van der Waals surface area (Å²) in [7, 11) is 1.86. The smallest absolute Gasteiger partial charge is 0.272 e. The quantitative estimate of drug-likeness (QED) is 0.794. The van der Waals surface area contributed by atoms with Crippen LogP contribution in [0, 0.1) is 6.92 Å². The van der Waals surface area contributed by atoms with Gasteiger partial charge in [0.2, 0.25) is 0 Å². The summed E-state index contributed by atoms with van der Waals surface area (Å²) >= 11 is 0. The average Bonchev–Trinajstić information content (AvgIpc) is 3.10. The number of nitrogens with zero attached hydrogens (tertiary/aromatic N) is 4. The molecule has 2 aromatic rings. The van der Waals surface area contributed by atoms with E-state index in [1.165, 1.54) is 0 Å². The Morgan fingerprint density at radius 2 is 2.00 bits per heavy atom. The van der Waals surface area contributed by atoms with Gasteiger partial charge < -0.3 is 15.0 Å². The zero-order chi connectivity index (χ0) is 21.1. The van der Waals surface area contributed by atoms with Crippen molar-refractivity contribution in [2.24, 2.45) is 7.05 Å². The molecule has 1 fully saturated rings. The summed E-state index contributed by atoms with van der Waals surface area (Å²) < 4.78 is 7.13. The number of aromatic nitrogens is 2. The Morgan fingerprint density at radius 3 is 2.77 bits per heavy atom. The van der Waals surface area contributed by atoms with Crippen LogP contribution in [0.1, 0.15) is 37.7 Å². The topological polar surface area (TPSA) is 79.7 Å². The molecule has 2 aliphatic heterocycles. The highest BCUT2D eigenvalue weighted by Gasteiger charge is 2.29. The SMILES string of the molecule is Cc1cccc(C(=O)N2CCc3c(c(C(=O)NCCN4CCOCC4)nn3C)C2)c1. The van der Waals surface area contributed by atoms with Crippen LogP contribution >= 0.6 is 0 Å². The largest absolute Gasteiger partial charge is 0.379 e. The van der Waals surface area contributed by atoms with E-state index < -0.39 is 0 Å². The molecule has 1 aromatic carbocycles. The molecule has 8 heteroatoms. The molecule has 0 saturated carbocycles. The van der Waals surface area contributed by atoms with E-state index in [0.717, 1.165) is 49.7 Å². The summed E-state index contributed by atoms with van der Waals surface area (Å²) in [6.45, 7) is 7.64. The van der Waals surface area contributed by atoms with E-state index >= 15 is 0 Å². The number of benzene rings is 1. The third kappa shape index (κ3) is 4.39. The second-order valence-corrected chi connectivity index (χ2v) is 7.95. The molecule has 4 rings (SSSR count). The molecule has 0 spiro atoms. The summed E-state index contributed by atoms with van der Waals surface area (Å²) in [6, 6.07) is 7.62. The minimum atomic E-state index is -0.176. The molecule has 0 atom stereocenters. The number of hydrogen-bond donors (Lipinski definition) is 1. The van der Waals surface area contributed by atoms with E-state index in [0.29, 0.717) is 37.3 Å². The van der Waals surface area contributed by atoms with E-state index in [1.807, 2.05) is 43.1 Å². The fourth-order valence-corrected chi connectivity index (χ4v) is 4.14.